The van der Waals surface area contributed by atoms with Crippen LogP contribution in [0.2, 0.25) is 0 Å². The van der Waals surface area contributed by atoms with Gasteiger partial charge in [0.1, 0.15) is 12.3 Å². The zero-order valence-electron chi connectivity index (χ0n) is 16.9. The summed E-state index contributed by atoms with van der Waals surface area (Å²) in [5.41, 5.74) is 2.62. The average molecular weight is 401 g/mol. The van der Waals surface area contributed by atoms with Crippen molar-refractivity contribution >= 4 is 22.8 Å². The van der Waals surface area contributed by atoms with Crippen molar-refractivity contribution in [1.29, 1.82) is 5.26 Å². The topological polar surface area (TPSA) is 82.4 Å². The number of anilines is 1. The van der Waals surface area contributed by atoms with Gasteiger partial charge in [0.25, 0.3) is 0 Å². The van der Waals surface area contributed by atoms with E-state index in [9.17, 15) is 10.1 Å². The van der Waals surface area contributed by atoms with Crippen molar-refractivity contribution in [3.63, 3.8) is 0 Å². The van der Waals surface area contributed by atoms with Crippen molar-refractivity contribution in [2.75, 3.05) is 38.1 Å². The summed E-state index contributed by atoms with van der Waals surface area (Å²) < 4.78 is 5.45. The number of piperazine rings is 1. The van der Waals surface area contributed by atoms with Crippen molar-refractivity contribution in [3.8, 4) is 6.07 Å². The Morgan fingerprint density at radius 3 is 2.33 bits per heavy atom. The predicted molar refractivity (Wildman–Crippen MR) is 114 cm³/mol. The summed E-state index contributed by atoms with van der Waals surface area (Å²) in [6, 6.07) is 19.0. The van der Waals surface area contributed by atoms with Crippen molar-refractivity contribution in [2.24, 2.45) is 0 Å². The minimum Gasteiger partial charge on any atom is -0.460 e. The van der Waals surface area contributed by atoms with Gasteiger partial charge in [-0.1, -0.05) is 42.5 Å². The Labute approximate surface area is 175 Å². The van der Waals surface area contributed by atoms with Gasteiger partial charge in [-0.05, 0) is 24.7 Å². The Bertz CT molecular complexity index is 1070. The normalized spacial score (nSPS) is 15.5. The van der Waals surface area contributed by atoms with Gasteiger partial charge < -0.3 is 14.5 Å². The molecule has 1 aromatic heterocycles. The number of carbonyl (C=O) groups is 1. The molecule has 0 saturated carbocycles. The molecule has 2 heterocycles. The lowest BCUT2D eigenvalue weighted by Gasteiger charge is -2.34. The number of nitrogens with zero attached hydrogens (tertiary/aromatic N) is 5. The average Bonchev–Trinajstić information content (AvgIpc) is 2.79. The van der Waals surface area contributed by atoms with Crippen LogP contribution in [-0.2, 0) is 16.1 Å². The Hall–Kier alpha value is -3.50. The number of benzene rings is 2. The number of nitriles is 1. The molecule has 1 aliphatic heterocycles. The summed E-state index contributed by atoms with van der Waals surface area (Å²) in [7, 11) is 2.07. The number of aromatic nitrogens is 2. The molecule has 152 valence electrons. The summed E-state index contributed by atoms with van der Waals surface area (Å²) in [4.78, 5) is 26.6. The molecule has 2 aromatic carbocycles. The first-order valence-electron chi connectivity index (χ1n) is 9.96. The molecule has 0 radical (unpaired) electrons. The summed E-state index contributed by atoms with van der Waals surface area (Å²) >= 11 is 0. The number of hydrogen-bond donors (Lipinski definition) is 0. The van der Waals surface area contributed by atoms with Gasteiger partial charge in [-0.15, -0.1) is 0 Å². The monoisotopic (exact) mass is 401 g/mol. The molecule has 1 fully saturated rings. The number of para-hydroxylation sites is 2. The van der Waals surface area contributed by atoms with Crippen LogP contribution in [-0.4, -0.2) is 54.1 Å². The molecule has 0 spiro atoms. The van der Waals surface area contributed by atoms with Gasteiger partial charge in [0.2, 0.25) is 0 Å². The lowest BCUT2D eigenvalue weighted by Crippen LogP contribution is -2.45. The maximum Gasteiger partial charge on any atom is 0.330 e. The van der Waals surface area contributed by atoms with E-state index in [1.54, 1.807) is 0 Å². The van der Waals surface area contributed by atoms with Gasteiger partial charge in [-0.2, -0.15) is 5.26 Å². The number of hydrogen-bond acceptors (Lipinski definition) is 7. The number of likely N-dealkylation sites (N-methyl/N-ethyl adjacent to an activating group) is 1. The number of carbonyl (C=O) groups excluding carboxylic acids is 1. The first-order chi connectivity index (χ1) is 14.7. The standard InChI is InChI=1S/C23H23N5O2/c1-27-11-13-28(14-12-27)22-21(25-19-9-5-6-10-20(19)26-22)18(15-24)23(29)30-16-17-7-3-2-4-8-17/h2-10,18H,11-14,16H2,1H3/t18-/m0/s1. The summed E-state index contributed by atoms with van der Waals surface area (Å²) in [6.45, 7) is 3.39. The quantitative estimate of drug-likeness (QED) is 0.608. The molecule has 0 bridgehead atoms. The van der Waals surface area contributed by atoms with Crippen molar-refractivity contribution < 1.29 is 9.53 Å². The second kappa shape index (κ2) is 8.89. The second-order valence-corrected chi connectivity index (χ2v) is 7.37. The highest BCUT2D eigenvalue weighted by Gasteiger charge is 2.31. The van der Waals surface area contributed by atoms with E-state index in [0.717, 1.165) is 37.3 Å². The minimum absolute atomic E-state index is 0.114. The fourth-order valence-electron chi connectivity index (χ4n) is 3.49. The molecule has 7 nitrogen and oxygen atoms in total. The van der Waals surface area contributed by atoms with Gasteiger partial charge in [0, 0.05) is 26.2 Å². The van der Waals surface area contributed by atoms with E-state index in [1.165, 1.54) is 0 Å². The van der Waals surface area contributed by atoms with E-state index in [2.05, 4.69) is 27.9 Å². The largest absolute Gasteiger partial charge is 0.460 e. The molecule has 0 N–H and O–H groups in total. The molecule has 0 amide bonds. The molecule has 7 heteroatoms. The minimum atomic E-state index is -1.14. The van der Waals surface area contributed by atoms with E-state index in [-0.39, 0.29) is 6.61 Å². The Morgan fingerprint density at radius 2 is 1.67 bits per heavy atom. The zero-order chi connectivity index (χ0) is 20.9. The summed E-state index contributed by atoms with van der Waals surface area (Å²) in [6.07, 6.45) is 0. The summed E-state index contributed by atoms with van der Waals surface area (Å²) in [5, 5.41) is 9.84. The fraction of sp³-hybridized carbons (Fsp3) is 0.304. The Morgan fingerprint density at radius 1 is 1.03 bits per heavy atom. The van der Waals surface area contributed by atoms with Crippen LogP contribution in [0.15, 0.2) is 54.6 Å². The molecule has 0 unspecified atom stereocenters. The first-order valence-corrected chi connectivity index (χ1v) is 9.96. The van der Waals surface area contributed by atoms with Crippen LogP contribution in [0.1, 0.15) is 17.2 Å². The number of fused-ring (bicyclic) bond motifs is 1. The Balaban J connectivity index is 1.66. The van der Waals surface area contributed by atoms with Crippen LogP contribution in [0.5, 0.6) is 0 Å². The van der Waals surface area contributed by atoms with Crippen LogP contribution >= 0.6 is 0 Å². The molecule has 30 heavy (non-hydrogen) atoms. The predicted octanol–water partition coefficient (Wildman–Crippen LogP) is 2.73. The van der Waals surface area contributed by atoms with Crippen molar-refractivity contribution in [1.82, 2.24) is 14.9 Å². The third kappa shape index (κ3) is 4.24. The van der Waals surface area contributed by atoms with Crippen molar-refractivity contribution in [2.45, 2.75) is 12.5 Å². The third-order valence-electron chi connectivity index (χ3n) is 5.24. The van der Waals surface area contributed by atoms with Gasteiger partial charge in [0.15, 0.2) is 11.7 Å². The number of esters is 1. The molecule has 0 aliphatic carbocycles. The Kier molecular flexibility index (Phi) is 5.87. The molecule has 3 aromatic rings. The van der Waals surface area contributed by atoms with Gasteiger partial charge in [-0.25, -0.2) is 9.97 Å². The lowest BCUT2D eigenvalue weighted by molar-refractivity contribution is -0.145. The van der Waals surface area contributed by atoms with Crippen LogP contribution in [0.4, 0.5) is 5.82 Å². The third-order valence-corrected chi connectivity index (χ3v) is 5.24. The number of rotatable bonds is 5. The SMILES string of the molecule is CN1CCN(c2nc3ccccc3nc2[C@H](C#N)C(=O)OCc2ccccc2)CC1. The van der Waals surface area contributed by atoms with Gasteiger partial charge in [0.05, 0.1) is 17.1 Å². The number of ether oxygens (including phenoxy) is 1. The lowest BCUT2D eigenvalue weighted by atomic mass is 10.1. The van der Waals surface area contributed by atoms with E-state index in [4.69, 9.17) is 9.72 Å². The summed E-state index contributed by atoms with van der Waals surface area (Å²) in [5.74, 6) is -1.16. The van der Waals surface area contributed by atoms with Crippen LogP contribution in [0, 0.1) is 11.3 Å². The first kappa shape index (κ1) is 19.8. The van der Waals surface area contributed by atoms with Crippen LogP contribution in [0.25, 0.3) is 11.0 Å². The molecule has 1 saturated heterocycles. The molecular formula is C23H23N5O2. The van der Waals surface area contributed by atoms with Gasteiger partial charge in [-0.3, -0.25) is 4.79 Å². The van der Waals surface area contributed by atoms with E-state index in [0.29, 0.717) is 17.0 Å². The zero-order valence-corrected chi connectivity index (χ0v) is 16.9. The fourth-order valence-corrected chi connectivity index (χ4v) is 3.49. The molecule has 4 rings (SSSR count). The van der Waals surface area contributed by atoms with E-state index in [1.807, 2.05) is 54.6 Å². The van der Waals surface area contributed by atoms with Crippen LogP contribution in [0.3, 0.4) is 0 Å². The highest BCUT2D eigenvalue weighted by Crippen LogP contribution is 2.28. The molecular weight excluding hydrogens is 378 g/mol. The maximum atomic E-state index is 12.8. The highest BCUT2D eigenvalue weighted by molar-refractivity contribution is 5.85. The molecule has 1 aliphatic rings. The van der Waals surface area contributed by atoms with E-state index < -0.39 is 11.9 Å². The maximum absolute atomic E-state index is 12.8. The second-order valence-electron chi connectivity index (χ2n) is 7.37. The highest BCUT2D eigenvalue weighted by atomic mass is 16.5. The van der Waals surface area contributed by atoms with E-state index >= 15 is 0 Å². The van der Waals surface area contributed by atoms with Crippen LogP contribution < -0.4 is 4.90 Å². The van der Waals surface area contributed by atoms with Gasteiger partial charge >= 0.3 is 5.97 Å². The van der Waals surface area contributed by atoms with Crippen molar-refractivity contribution in [3.05, 3.63) is 65.9 Å². The smallest absolute Gasteiger partial charge is 0.330 e. The molecule has 1 atom stereocenters.